The molecule has 2 aliphatic rings. The van der Waals surface area contributed by atoms with Crippen molar-refractivity contribution in [2.75, 3.05) is 4.90 Å². The molecule has 2 atom stereocenters. The largest absolute Gasteiger partial charge is 0.365 e. The second kappa shape index (κ2) is 7.31. The molecule has 3 aromatic carbocycles. The molecule has 2 saturated heterocycles. The standard InChI is InChI=1S/C25H21N3O2/c26-16-19-6-5-18(24-3-1-2-4-25(19)24)13-17-14-22-11-12-23(15-17)27(22)20-7-9-21(10-8-20)28(29)30/h1-10,13,22-23H,11-12,14-15H2/t22-,23+. The third-order valence-electron chi connectivity index (χ3n) is 6.41. The van der Waals surface area contributed by atoms with E-state index in [1.165, 1.54) is 11.1 Å². The number of fused-ring (bicyclic) bond motifs is 3. The average Bonchev–Trinajstić information content (AvgIpc) is 3.04. The van der Waals surface area contributed by atoms with Crippen LogP contribution < -0.4 is 4.90 Å². The fourth-order valence-electron chi connectivity index (χ4n) is 5.10. The first-order chi connectivity index (χ1) is 14.6. The number of nitro groups is 1. The summed E-state index contributed by atoms with van der Waals surface area (Å²) in [6.07, 6.45) is 6.60. The van der Waals surface area contributed by atoms with E-state index in [0.29, 0.717) is 17.6 Å². The van der Waals surface area contributed by atoms with Gasteiger partial charge in [0.25, 0.3) is 5.69 Å². The number of hydrogen-bond acceptors (Lipinski definition) is 4. The summed E-state index contributed by atoms with van der Waals surface area (Å²) in [5.41, 5.74) is 4.53. The van der Waals surface area contributed by atoms with Crippen molar-refractivity contribution >= 4 is 28.2 Å². The van der Waals surface area contributed by atoms with Gasteiger partial charge in [-0.2, -0.15) is 5.26 Å². The van der Waals surface area contributed by atoms with Gasteiger partial charge in [0.2, 0.25) is 0 Å². The van der Waals surface area contributed by atoms with Gasteiger partial charge in [-0.3, -0.25) is 10.1 Å². The van der Waals surface area contributed by atoms with Gasteiger partial charge in [-0.05, 0) is 54.8 Å². The topological polar surface area (TPSA) is 70.2 Å². The molecule has 2 fully saturated rings. The molecule has 5 nitrogen and oxygen atoms in total. The maximum Gasteiger partial charge on any atom is 0.269 e. The van der Waals surface area contributed by atoms with Crippen LogP contribution in [0.15, 0.2) is 66.2 Å². The number of anilines is 1. The fourth-order valence-corrected chi connectivity index (χ4v) is 5.10. The van der Waals surface area contributed by atoms with Gasteiger partial charge >= 0.3 is 0 Å². The van der Waals surface area contributed by atoms with E-state index in [-0.39, 0.29) is 10.6 Å². The predicted molar refractivity (Wildman–Crippen MR) is 118 cm³/mol. The molecule has 5 rings (SSSR count). The van der Waals surface area contributed by atoms with Gasteiger partial charge in [-0.25, -0.2) is 0 Å². The highest BCUT2D eigenvalue weighted by molar-refractivity contribution is 5.94. The second-order valence-electron chi connectivity index (χ2n) is 8.14. The van der Waals surface area contributed by atoms with Crippen LogP contribution in [0.3, 0.4) is 0 Å². The molecule has 5 heteroatoms. The van der Waals surface area contributed by atoms with Crippen LogP contribution in [0.25, 0.3) is 16.8 Å². The van der Waals surface area contributed by atoms with E-state index in [4.69, 9.17) is 0 Å². The molecule has 0 radical (unpaired) electrons. The predicted octanol–water partition coefficient (Wildman–Crippen LogP) is 5.83. The van der Waals surface area contributed by atoms with Crippen LogP contribution in [-0.4, -0.2) is 17.0 Å². The molecule has 0 unspecified atom stereocenters. The van der Waals surface area contributed by atoms with E-state index in [2.05, 4.69) is 29.2 Å². The third kappa shape index (κ3) is 3.11. The molecule has 3 aromatic rings. The third-order valence-corrected chi connectivity index (χ3v) is 6.41. The Kier molecular flexibility index (Phi) is 4.48. The minimum atomic E-state index is -0.350. The molecule has 0 amide bonds. The Morgan fingerprint density at radius 3 is 2.27 bits per heavy atom. The summed E-state index contributed by atoms with van der Waals surface area (Å²) >= 11 is 0. The zero-order chi connectivity index (χ0) is 20.7. The van der Waals surface area contributed by atoms with E-state index in [9.17, 15) is 15.4 Å². The Morgan fingerprint density at radius 2 is 1.63 bits per heavy atom. The van der Waals surface area contributed by atoms with Crippen LogP contribution in [0, 0.1) is 21.4 Å². The maximum absolute atomic E-state index is 10.9. The van der Waals surface area contributed by atoms with E-state index < -0.39 is 0 Å². The average molecular weight is 395 g/mol. The van der Waals surface area contributed by atoms with E-state index in [0.717, 1.165) is 42.1 Å². The van der Waals surface area contributed by atoms with Crippen molar-refractivity contribution in [3.63, 3.8) is 0 Å². The Labute approximate surface area is 175 Å². The summed E-state index contributed by atoms with van der Waals surface area (Å²) in [5, 5.41) is 22.5. The minimum Gasteiger partial charge on any atom is -0.365 e. The number of nitro benzene ring substituents is 1. The van der Waals surface area contributed by atoms with Crippen LogP contribution in [0.2, 0.25) is 0 Å². The number of nitriles is 1. The molecule has 2 bridgehead atoms. The van der Waals surface area contributed by atoms with Crippen molar-refractivity contribution in [3.8, 4) is 6.07 Å². The van der Waals surface area contributed by atoms with Crippen LogP contribution in [0.1, 0.15) is 36.8 Å². The fraction of sp³-hybridized carbons (Fsp3) is 0.240. The zero-order valence-corrected chi connectivity index (χ0v) is 16.5. The maximum atomic E-state index is 10.9. The monoisotopic (exact) mass is 395 g/mol. The number of nitrogens with zero attached hydrogens (tertiary/aromatic N) is 3. The Hall–Kier alpha value is -3.65. The summed E-state index contributed by atoms with van der Waals surface area (Å²) in [6, 6.07) is 22.2. The number of rotatable bonds is 3. The molecule has 30 heavy (non-hydrogen) atoms. The van der Waals surface area contributed by atoms with E-state index >= 15 is 0 Å². The summed E-state index contributed by atoms with van der Waals surface area (Å²) in [5.74, 6) is 0. The molecule has 0 aromatic heterocycles. The first-order valence-corrected chi connectivity index (χ1v) is 10.3. The van der Waals surface area contributed by atoms with Crippen molar-refractivity contribution in [2.24, 2.45) is 0 Å². The van der Waals surface area contributed by atoms with Crippen molar-refractivity contribution in [2.45, 2.75) is 37.8 Å². The van der Waals surface area contributed by atoms with Crippen molar-refractivity contribution < 1.29 is 4.92 Å². The highest BCUT2D eigenvalue weighted by atomic mass is 16.6. The van der Waals surface area contributed by atoms with Crippen LogP contribution in [0.5, 0.6) is 0 Å². The number of benzene rings is 3. The van der Waals surface area contributed by atoms with E-state index in [1.807, 2.05) is 36.4 Å². The molecule has 2 heterocycles. The Balaban J connectivity index is 1.44. The second-order valence-corrected chi connectivity index (χ2v) is 8.14. The lowest BCUT2D eigenvalue weighted by Crippen LogP contribution is -2.40. The summed E-state index contributed by atoms with van der Waals surface area (Å²) in [4.78, 5) is 13.1. The van der Waals surface area contributed by atoms with Gasteiger partial charge in [0.1, 0.15) is 0 Å². The lowest BCUT2D eigenvalue weighted by Gasteiger charge is -2.38. The number of piperidine rings is 1. The van der Waals surface area contributed by atoms with Crippen LogP contribution >= 0.6 is 0 Å². The van der Waals surface area contributed by atoms with Crippen molar-refractivity contribution in [1.82, 2.24) is 0 Å². The Bertz CT molecular complexity index is 1190. The summed E-state index contributed by atoms with van der Waals surface area (Å²) < 4.78 is 0. The molecular weight excluding hydrogens is 374 g/mol. The summed E-state index contributed by atoms with van der Waals surface area (Å²) in [7, 11) is 0. The molecule has 0 saturated carbocycles. The highest BCUT2D eigenvalue weighted by Crippen LogP contribution is 2.42. The molecule has 0 spiro atoms. The van der Waals surface area contributed by atoms with E-state index in [1.54, 1.807) is 12.1 Å². The zero-order valence-electron chi connectivity index (χ0n) is 16.5. The van der Waals surface area contributed by atoms with Crippen LogP contribution in [0.4, 0.5) is 11.4 Å². The molecule has 0 aliphatic carbocycles. The molecular formula is C25H21N3O2. The molecule has 0 N–H and O–H groups in total. The lowest BCUT2D eigenvalue weighted by molar-refractivity contribution is -0.384. The first kappa shape index (κ1) is 18.4. The number of non-ortho nitro benzene ring substituents is 1. The number of hydrogen-bond donors (Lipinski definition) is 0. The quantitative estimate of drug-likeness (QED) is 0.413. The smallest absolute Gasteiger partial charge is 0.269 e. The Morgan fingerprint density at radius 1 is 0.967 bits per heavy atom. The van der Waals surface area contributed by atoms with Gasteiger partial charge in [0.15, 0.2) is 0 Å². The normalized spacial score (nSPS) is 21.7. The van der Waals surface area contributed by atoms with Gasteiger partial charge in [-0.1, -0.05) is 42.0 Å². The van der Waals surface area contributed by atoms with Gasteiger partial charge in [0, 0.05) is 35.3 Å². The van der Waals surface area contributed by atoms with Crippen molar-refractivity contribution in [3.05, 3.63) is 87.5 Å². The molecule has 148 valence electrons. The van der Waals surface area contributed by atoms with Gasteiger partial charge in [-0.15, -0.1) is 0 Å². The SMILES string of the molecule is N#Cc1ccc(C=C2C[C@H]3CC[C@@H](C2)N3c2ccc([N+](=O)[O-])cc2)c2ccccc12. The lowest BCUT2D eigenvalue weighted by atomic mass is 9.92. The molecule has 2 aliphatic heterocycles. The first-order valence-electron chi connectivity index (χ1n) is 10.3. The van der Waals surface area contributed by atoms with Gasteiger partial charge < -0.3 is 4.90 Å². The van der Waals surface area contributed by atoms with Crippen LogP contribution in [-0.2, 0) is 0 Å². The van der Waals surface area contributed by atoms with Gasteiger partial charge in [0.05, 0.1) is 16.6 Å². The van der Waals surface area contributed by atoms with Crippen molar-refractivity contribution in [1.29, 1.82) is 5.26 Å². The summed E-state index contributed by atoms with van der Waals surface area (Å²) in [6.45, 7) is 0. The highest BCUT2D eigenvalue weighted by Gasteiger charge is 2.38. The minimum absolute atomic E-state index is 0.136.